The standard InChI is InChI=1S/C10H17N5O/c11-8-5-9(14-10(12)13-8)15-4-2-1-3-7(15)6-16/h5,7,16H,1-4,6H2,(H4,11,12,13,14). The zero-order valence-corrected chi connectivity index (χ0v) is 9.13. The highest BCUT2D eigenvalue weighted by atomic mass is 16.3. The van der Waals surface area contributed by atoms with Gasteiger partial charge in [0.15, 0.2) is 0 Å². The minimum atomic E-state index is 0.113. The first-order valence-corrected chi connectivity index (χ1v) is 5.48. The molecule has 0 amide bonds. The Morgan fingerprint density at radius 2 is 2.19 bits per heavy atom. The maximum absolute atomic E-state index is 9.31. The third-order valence-corrected chi connectivity index (χ3v) is 2.88. The molecule has 2 rings (SSSR count). The van der Waals surface area contributed by atoms with Crippen molar-refractivity contribution in [1.29, 1.82) is 0 Å². The molecule has 0 bridgehead atoms. The van der Waals surface area contributed by atoms with Crippen LogP contribution in [0, 0.1) is 0 Å². The van der Waals surface area contributed by atoms with Crippen LogP contribution in [0.15, 0.2) is 6.07 Å². The Balaban J connectivity index is 2.26. The SMILES string of the molecule is Nc1cc(N2CCCCC2CO)nc(N)n1. The van der Waals surface area contributed by atoms with Crippen LogP contribution >= 0.6 is 0 Å². The minimum Gasteiger partial charge on any atom is -0.394 e. The van der Waals surface area contributed by atoms with Gasteiger partial charge in [-0.3, -0.25) is 0 Å². The maximum Gasteiger partial charge on any atom is 0.223 e. The van der Waals surface area contributed by atoms with E-state index >= 15 is 0 Å². The van der Waals surface area contributed by atoms with Gasteiger partial charge in [0, 0.05) is 12.6 Å². The lowest BCUT2D eigenvalue weighted by atomic mass is 10.0. The number of nitrogens with zero attached hydrogens (tertiary/aromatic N) is 3. The molecule has 2 heterocycles. The van der Waals surface area contributed by atoms with Gasteiger partial charge in [0.1, 0.15) is 11.6 Å². The number of hydrogen-bond acceptors (Lipinski definition) is 6. The quantitative estimate of drug-likeness (QED) is 0.652. The summed E-state index contributed by atoms with van der Waals surface area (Å²) >= 11 is 0. The molecule has 5 N–H and O–H groups in total. The summed E-state index contributed by atoms with van der Waals surface area (Å²) in [5.74, 6) is 1.26. The molecular weight excluding hydrogens is 206 g/mol. The zero-order chi connectivity index (χ0) is 11.5. The van der Waals surface area contributed by atoms with Crippen molar-refractivity contribution in [2.24, 2.45) is 0 Å². The van der Waals surface area contributed by atoms with Gasteiger partial charge in [0.2, 0.25) is 5.95 Å². The highest BCUT2D eigenvalue weighted by Crippen LogP contribution is 2.24. The van der Waals surface area contributed by atoms with Crippen LogP contribution in [0.3, 0.4) is 0 Å². The van der Waals surface area contributed by atoms with E-state index in [0.717, 1.165) is 25.8 Å². The van der Waals surface area contributed by atoms with E-state index in [0.29, 0.717) is 11.6 Å². The number of anilines is 3. The summed E-state index contributed by atoms with van der Waals surface area (Å²) in [5, 5.41) is 9.31. The average molecular weight is 223 g/mol. The Morgan fingerprint density at radius 1 is 1.38 bits per heavy atom. The van der Waals surface area contributed by atoms with Gasteiger partial charge in [0.25, 0.3) is 0 Å². The van der Waals surface area contributed by atoms with Crippen molar-refractivity contribution in [2.45, 2.75) is 25.3 Å². The van der Waals surface area contributed by atoms with Crippen molar-refractivity contribution in [3.8, 4) is 0 Å². The number of rotatable bonds is 2. The largest absolute Gasteiger partial charge is 0.394 e. The number of piperidine rings is 1. The molecule has 1 aliphatic rings. The summed E-state index contributed by atoms with van der Waals surface area (Å²) in [6, 6.07) is 1.81. The topological polar surface area (TPSA) is 101 Å². The van der Waals surface area contributed by atoms with Gasteiger partial charge in [-0.1, -0.05) is 0 Å². The number of aromatic nitrogens is 2. The summed E-state index contributed by atoms with van der Waals surface area (Å²) in [7, 11) is 0. The number of nitrogen functional groups attached to an aromatic ring is 2. The zero-order valence-electron chi connectivity index (χ0n) is 9.13. The second-order valence-electron chi connectivity index (χ2n) is 4.03. The Morgan fingerprint density at radius 3 is 2.88 bits per heavy atom. The third-order valence-electron chi connectivity index (χ3n) is 2.88. The van der Waals surface area contributed by atoms with E-state index in [9.17, 15) is 5.11 Å². The lowest BCUT2D eigenvalue weighted by Gasteiger charge is -2.35. The van der Waals surface area contributed by atoms with E-state index in [-0.39, 0.29) is 18.6 Å². The van der Waals surface area contributed by atoms with Crippen molar-refractivity contribution < 1.29 is 5.11 Å². The molecule has 0 saturated carbocycles. The molecule has 0 radical (unpaired) electrons. The Bertz CT molecular complexity index is 350. The van der Waals surface area contributed by atoms with Crippen molar-refractivity contribution in [1.82, 2.24) is 9.97 Å². The molecule has 16 heavy (non-hydrogen) atoms. The number of nitrogens with two attached hydrogens (primary N) is 2. The van der Waals surface area contributed by atoms with E-state index in [1.807, 2.05) is 0 Å². The van der Waals surface area contributed by atoms with Crippen LogP contribution in [-0.2, 0) is 0 Å². The average Bonchev–Trinajstić information content (AvgIpc) is 2.27. The van der Waals surface area contributed by atoms with E-state index in [1.54, 1.807) is 6.07 Å². The first-order valence-electron chi connectivity index (χ1n) is 5.48. The van der Waals surface area contributed by atoms with Gasteiger partial charge in [-0.15, -0.1) is 0 Å². The fourth-order valence-corrected chi connectivity index (χ4v) is 2.11. The van der Waals surface area contributed by atoms with Gasteiger partial charge in [-0.05, 0) is 19.3 Å². The van der Waals surface area contributed by atoms with Gasteiger partial charge in [-0.25, -0.2) is 0 Å². The fraction of sp³-hybridized carbons (Fsp3) is 0.600. The van der Waals surface area contributed by atoms with Crippen LogP contribution < -0.4 is 16.4 Å². The summed E-state index contributed by atoms with van der Waals surface area (Å²) < 4.78 is 0. The van der Waals surface area contributed by atoms with Crippen molar-refractivity contribution in [2.75, 3.05) is 29.5 Å². The van der Waals surface area contributed by atoms with Gasteiger partial charge in [-0.2, -0.15) is 9.97 Å². The predicted molar refractivity (Wildman–Crippen MR) is 62.9 cm³/mol. The molecule has 88 valence electrons. The third kappa shape index (κ3) is 2.16. The summed E-state index contributed by atoms with van der Waals surface area (Å²) in [6.07, 6.45) is 3.21. The highest BCUT2D eigenvalue weighted by Gasteiger charge is 2.23. The molecule has 1 atom stereocenters. The second-order valence-corrected chi connectivity index (χ2v) is 4.03. The molecular formula is C10H17N5O. The van der Waals surface area contributed by atoms with Crippen LogP contribution in [0.25, 0.3) is 0 Å². The smallest absolute Gasteiger partial charge is 0.223 e. The van der Waals surface area contributed by atoms with Gasteiger partial charge >= 0.3 is 0 Å². The molecule has 1 aromatic heterocycles. The Labute approximate surface area is 94.3 Å². The fourth-order valence-electron chi connectivity index (χ4n) is 2.11. The Hall–Kier alpha value is -1.56. The van der Waals surface area contributed by atoms with Crippen LogP contribution in [0.5, 0.6) is 0 Å². The molecule has 1 aromatic rings. The molecule has 1 unspecified atom stereocenters. The first kappa shape index (κ1) is 10.9. The molecule has 6 nitrogen and oxygen atoms in total. The van der Waals surface area contributed by atoms with Crippen LogP contribution in [0.2, 0.25) is 0 Å². The van der Waals surface area contributed by atoms with E-state index in [4.69, 9.17) is 11.5 Å². The van der Waals surface area contributed by atoms with Crippen LogP contribution in [0.4, 0.5) is 17.6 Å². The number of hydrogen-bond donors (Lipinski definition) is 3. The number of aliphatic hydroxyl groups excluding tert-OH is 1. The lowest BCUT2D eigenvalue weighted by Crippen LogP contribution is -2.42. The van der Waals surface area contributed by atoms with E-state index in [1.165, 1.54) is 0 Å². The van der Waals surface area contributed by atoms with Crippen LogP contribution in [-0.4, -0.2) is 34.3 Å². The molecule has 6 heteroatoms. The van der Waals surface area contributed by atoms with Gasteiger partial charge < -0.3 is 21.5 Å². The molecule has 1 aliphatic heterocycles. The second kappa shape index (κ2) is 4.52. The van der Waals surface area contributed by atoms with E-state index in [2.05, 4.69) is 14.9 Å². The first-order chi connectivity index (χ1) is 7.70. The summed E-state index contributed by atoms with van der Waals surface area (Å²) in [5.41, 5.74) is 11.2. The van der Waals surface area contributed by atoms with Gasteiger partial charge in [0.05, 0.1) is 12.6 Å². The predicted octanol–water partition coefficient (Wildman–Crippen LogP) is -0.00780. The minimum absolute atomic E-state index is 0.113. The Kier molecular flexibility index (Phi) is 3.09. The van der Waals surface area contributed by atoms with Crippen molar-refractivity contribution >= 4 is 17.6 Å². The summed E-state index contributed by atoms with van der Waals surface area (Å²) in [6.45, 7) is 1.00. The molecule has 0 spiro atoms. The molecule has 0 aliphatic carbocycles. The summed E-state index contributed by atoms with van der Waals surface area (Å²) in [4.78, 5) is 10.0. The maximum atomic E-state index is 9.31. The lowest BCUT2D eigenvalue weighted by molar-refractivity contribution is 0.239. The van der Waals surface area contributed by atoms with E-state index < -0.39 is 0 Å². The molecule has 1 saturated heterocycles. The van der Waals surface area contributed by atoms with Crippen molar-refractivity contribution in [3.63, 3.8) is 0 Å². The molecule has 1 fully saturated rings. The van der Waals surface area contributed by atoms with Crippen LogP contribution in [0.1, 0.15) is 19.3 Å². The normalized spacial score (nSPS) is 21.1. The number of aliphatic hydroxyl groups is 1. The highest BCUT2D eigenvalue weighted by molar-refractivity contribution is 5.51. The monoisotopic (exact) mass is 223 g/mol. The van der Waals surface area contributed by atoms with Crippen molar-refractivity contribution in [3.05, 3.63) is 6.07 Å². The molecule has 0 aromatic carbocycles.